The second-order valence-corrected chi connectivity index (χ2v) is 5.43. The Bertz CT molecular complexity index is 139. The van der Waals surface area contributed by atoms with E-state index in [1.165, 1.54) is 25.7 Å². The van der Waals surface area contributed by atoms with Crippen molar-refractivity contribution in [3.05, 3.63) is 6.92 Å². The second kappa shape index (κ2) is 8.19. The Morgan fingerprint density at radius 3 is 1.87 bits per heavy atom. The normalized spacial score (nSPS) is 19.6. The molecule has 0 aromatic heterocycles. The molecule has 15 heavy (non-hydrogen) atoms. The minimum absolute atomic E-state index is 0.866. The average molecular weight is 211 g/mol. The molecule has 4 unspecified atom stereocenters. The molecule has 0 saturated carbocycles. The van der Waals surface area contributed by atoms with Crippen LogP contribution in [0.25, 0.3) is 0 Å². The maximum atomic E-state index is 3.90. The van der Waals surface area contributed by atoms with Crippen LogP contribution in [0.15, 0.2) is 0 Å². The lowest BCUT2D eigenvalue weighted by molar-refractivity contribution is 0.198. The molecule has 0 spiro atoms. The van der Waals surface area contributed by atoms with Crippen molar-refractivity contribution >= 4 is 0 Å². The summed E-state index contributed by atoms with van der Waals surface area (Å²) < 4.78 is 0. The Balaban J connectivity index is 3.90. The second-order valence-electron chi connectivity index (χ2n) is 5.43. The summed E-state index contributed by atoms with van der Waals surface area (Å²) in [6, 6.07) is 0. The van der Waals surface area contributed by atoms with Gasteiger partial charge >= 0.3 is 0 Å². The van der Waals surface area contributed by atoms with E-state index in [4.69, 9.17) is 0 Å². The molecule has 0 fully saturated rings. The van der Waals surface area contributed by atoms with Gasteiger partial charge in [0.05, 0.1) is 0 Å². The predicted octanol–water partition coefficient (Wildman–Crippen LogP) is 5.34. The molecule has 1 radical (unpaired) electrons. The number of unbranched alkanes of at least 4 members (excludes halogenated alkanes) is 2. The van der Waals surface area contributed by atoms with Gasteiger partial charge in [-0.2, -0.15) is 0 Å². The summed E-state index contributed by atoms with van der Waals surface area (Å²) in [5.41, 5.74) is 0. The van der Waals surface area contributed by atoms with E-state index in [0.29, 0.717) is 0 Å². The lowest BCUT2D eigenvalue weighted by atomic mass is 9.76. The van der Waals surface area contributed by atoms with E-state index in [2.05, 4.69) is 41.5 Å². The summed E-state index contributed by atoms with van der Waals surface area (Å²) in [4.78, 5) is 0. The first-order valence-electron chi connectivity index (χ1n) is 6.83. The van der Waals surface area contributed by atoms with E-state index < -0.39 is 0 Å². The topological polar surface area (TPSA) is 0 Å². The molecule has 0 aliphatic heterocycles. The largest absolute Gasteiger partial charge is 0.0651 e. The first-order chi connectivity index (χ1) is 7.04. The van der Waals surface area contributed by atoms with Crippen LogP contribution < -0.4 is 0 Å². The fourth-order valence-electron chi connectivity index (χ4n) is 2.31. The van der Waals surface area contributed by atoms with Crippen LogP contribution in [0.3, 0.4) is 0 Å². The standard InChI is InChI=1S/C15H31/c1-7-9-10-11-13(4)15(6)14(5)12(3)8-2/h12-15H,1,7-11H2,2-6H3. The summed E-state index contributed by atoms with van der Waals surface area (Å²) in [7, 11) is 0. The third kappa shape index (κ3) is 5.58. The summed E-state index contributed by atoms with van der Waals surface area (Å²) in [6.45, 7) is 15.9. The fraction of sp³-hybridized carbons (Fsp3) is 0.933. The van der Waals surface area contributed by atoms with Crippen LogP contribution in [0, 0.1) is 30.6 Å². The Morgan fingerprint density at radius 2 is 1.40 bits per heavy atom. The quantitative estimate of drug-likeness (QED) is 0.476. The third-order valence-corrected chi connectivity index (χ3v) is 4.43. The van der Waals surface area contributed by atoms with Crippen molar-refractivity contribution < 1.29 is 0 Å². The zero-order valence-corrected chi connectivity index (χ0v) is 11.6. The van der Waals surface area contributed by atoms with Gasteiger partial charge in [-0.1, -0.05) is 73.6 Å². The van der Waals surface area contributed by atoms with E-state index in [0.717, 1.165) is 30.1 Å². The molecule has 0 rings (SSSR count). The van der Waals surface area contributed by atoms with Crippen molar-refractivity contribution in [2.75, 3.05) is 0 Å². The van der Waals surface area contributed by atoms with E-state index in [1.807, 2.05) is 0 Å². The maximum absolute atomic E-state index is 3.90. The van der Waals surface area contributed by atoms with Crippen LogP contribution in [-0.4, -0.2) is 0 Å². The van der Waals surface area contributed by atoms with E-state index in [-0.39, 0.29) is 0 Å². The summed E-state index contributed by atoms with van der Waals surface area (Å²) >= 11 is 0. The molecule has 4 atom stereocenters. The molecular weight excluding hydrogens is 180 g/mol. The number of hydrogen-bond donors (Lipinski definition) is 0. The van der Waals surface area contributed by atoms with Gasteiger partial charge in [0.15, 0.2) is 0 Å². The third-order valence-electron chi connectivity index (χ3n) is 4.43. The van der Waals surface area contributed by atoms with Crippen molar-refractivity contribution in [2.24, 2.45) is 23.7 Å². The molecule has 0 N–H and O–H groups in total. The summed E-state index contributed by atoms with van der Waals surface area (Å²) in [5.74, 6) is 3.48. The van der Waals surface area contributed by atoms with Gasteiger partial charge in [0.2, 0.25) is 0 Å². The highest BCUT2D eigenvalue weighted by Crippen LogP contribution is 2.31. The van der Waals surface area contributed by atoms with Crippen molar-refractivity contribution in [3.8, 4) is 0 Å². The highest BCUT2D eigenvalue weighted by Gasteiger charge is 2.22. The van der Waals surface area contributed by atoms with E-state index in [1.54, 1.807) is 0 Å². The Labute approximate surface area is 97.8 Å². The monoisotopic (exact) mass is 211 g/mol. The molecule has 0 aliphatic carbocycles. The molecule has 0 aromatic carbocycles. The minimum Gasteiger partial charge on any atom is -0.0651 e. The highest BCUT2D eigenvalue weighted by atomic mass is 14.3. The Morgan fingerprint density at radius 1 is 0.867 bits per heavy atom. The van der Waals surface area contributed by atoms with Gasteiger partial charge in [-0.05, 0) is 23.7 Å². The Kier molecular flexibility index (Phi) is 8.19. The molecule has 0 nitrogen and oxygen atoms in total. The van der Waals surface area contributed by atoms with E-state index in [9.17, 15) is 0 Å². The molecule has 0 aromatic rings. The predicted molar refractivity (Wildman–Crippen MR) is 70.8 cm³/mol. The van der Waals surface area contributed by atoms with Crippen LogP contribution in [-0.2, 0) is 0 Å². The van der Waals surface area contributed by atoms with Gasteiger partial charge in [-0.15, -0.1) is 0 Å². The van der Waals surface area contributed by atoms with Gasteiger partial charge in [-0.25, -0.2) is 0 Å². The molecule has 0 heteroatoms. The van der Waals surface area contributed by atoms with Gasteiger partial charge in [0.1, 0.15) is 0 Å². The van der Waals surface area contributed by atoms with Crippen LogP contribution >= 0.6 is 0 Å². The molecule has 0 bridgehead atoms. The van der Waals surface area contributed by atoms with Crippen LogP contribution in [0.2, 0.25) is 0 Å². The molecule has 0 aliphatic rings. The SMILES string of the molecule is [CH2]CCCCC(C)C(C)C(C)C(C)CC. The fourth-order valence-corrected chi connectivity index (χ4v) is 2.31. The summed E-state index contributed by atoms with van der Waals surface area (Å²) in [5, 5.41) is 0. The zero-order chi connectivity index (χ0) is 11.8. The van der Waals surface area contributed by atoms with Crippen molar-refractivity contribution in [2.45, 2.75) is 66.7 Å². The smallest absolute Gasteiger partial charge is 0.0389 e. The zero-order valence-electron chi connectivity index (χ0n) is 11.6. The van der Waals surface area contributed by atoms with Gasteiger partial charge < -0.3 is 0 Å². The highest BCUT2D eigenvalue weighted by molar-refractivity contribution is 4.72. The minimum atomic E-state index is 0.866. The molecule has 0 saturated heterocycles. The lowest BCUT2D eigenvalue weighted by Crippen LogP contribution is -2.22. The number of rotatable bonds is 8. The van der Waals surface area contributed by atoms with Crippen LogP contribution in [0.5, 0.6) is 0 Å². The average Bonchev–Trinajstić information content (AvgIpc) is 2.26. The van der Waals surface area contributed by atoms with Gasteiger partial charge in [0, 0.05) is 0 Å². The van der Waals surface area contributed by atoms with Crippen molar-refractivity contribution in [1.29, 1.82) is 0 Å². The van der Waals surface area contributed by atoms with Gasteiger partial charge in [0.25, 0.3) is 0 Å². The first-order valence-corrected chi connectivity index (χ1v) is 6.83. The molecule has 0 heterocycles. The van der Waals surface area contributed by atoms with Crippen LogP contribution in [0.1, 0.15) is 66.7 Å². The lowest BCUT2D eigenvalue weighted by Gasteiger charge is -2.30. The van der Waals surface area contributed by atoms with Crippen molar-refractivity contribution in [1.82, 2.24) is 0 Å². The number of hydrogen-bond acceptors (Lipinski definition) is 0. The Hall–Kier alpha value is 0. The maximum Gasteiger partial charge on any atom is -0.0389 e. The molecule has 0 amide bonds. The van der Waals surface area contributed by atoms with Gasteiger partial charge in [-0.3, -0.25) is 0 Å². The summed E-state index contributed by atoms with van der Waals surface area (Å²) in [6.07, 6.45) is 6.47. The molecular formula is C15H31. The molecule has 91 valence electrons. The van der Waals surface area contributed by atoms with E-state index >= 15 is 0 Å². The van der Waals surface area contributed by atoms with Crippen LogP contribution in [0.4, 0.5) is 0 Å². The first kappa shape index (κ1) is 15.0. The van der Waals surface area contributed by atoms with Crippen molar-refractivity contribution in [3.63, 3.8) is 0 Å².